The third-order valence-corrected chi connectivity index (χ3v) is 4.30. The SMILES string of the molecule is CCOC(=O)c1c(C)oc(Nc2ccc(-c3cccc([N+](=O)[O-])c3)nn2)c1C(=O)OCC. The molecule has 1 N–H and O–H groups in total. The molecule has 3 rings (SSSR count). The molecule has 0 radical (unpaired) electrons. The summed E-state index contributed by atoms with van der Waals surface area (Å²) in [6, 6.07) is 9.14. The topological polar surface area (TPSA) is 147 Å². The zero-order valence-electron chi connectivity index (χ0n) is 17.6. The van der Waals surface area contributed by atoms with E-state index in [1.807, 2.05) is 0 Å². The first-order chi connectivity index (χ1) is 15.3. The van der Waals surface area contributed by atoms with Gasteiger partial charge in [0.1, 0.15) is 16.9 Å². The first-order valence-electron chi connectivity index (χ1n) is 9.68. The number of carbonyl (C=O) groups excluding carboxylic acids is 2. The number of ether oxygens (including phenoxy) is 2. The predicted octanol–water partition coefficient (Wildman–Crippen LogP) is 4.05. The summed E-state index contributed by atoms with van der Waals surface area (Å²) in [5.74, 6) is -1.11. The Hall–Kier alpha value is -4.28. The van der Waals surface area contributed by atoms with Gasteiger partial charge in [-0.05, 0) is 32.9 Å². The Morgan fingerprint density at radius 2 is 1.75 bits per heavy atom. The molecule has 11 heteroatoms. The number of non-ortho nitro benzene ring substituents is 1. The first kappa shape index (κ1) is 22.4. The lowest BCUT2D eigenvalue weighted by molar-refractivity contribution is -0.384. The van der Waals surface area contributed by atoms with E-state index in [1.165, 1.54) is 19.1 Å². The molecule has 0 aliphatic carbocycles. The standard InChI is InChI=1S/C21H20N4O7/c1-4-30-20(26)17-12(3)32-19(18(17)21(27)31-5-2)22-16-10-9-15(23-24-16)13-7-6-8-14(11-13)25(28)29/h6-11H,4-5H2,1-3H3,(H,22,24). The van der Waals surface area contributed by atoms with E-state index >= 15 is 0 Å². The number of anilines is 2. The molecular formula is C21H20N4O7. The summed E-state index contributed by atoms with van der Waals surface area (Å²) >= 11 is 0. The maximum absolute atomic E-state index is 12.5. The molecule has 2 aromatic heterocycles. The second-order valence-corrected chi connectivity index (χ2v) is 6.41. The molecule has 32 heavy (non-hydrogen) atoms. The number of esters is 2. The van der Waals surface area contributed by atoms with Gasteiger partial charge in [0, 0.05) is 17.7 Å². The number of aromatic nitrogens is 2. The summed E-state index contributed by atoms with van der Waals surface area (Å²) in [5, 5.41) is 21.9. The van der Waals surface area contributed by atoms with Crippen molar-refractivity contribution in [1.82, 2.24) is 10.2 Å². The normalized spacial score (nSPS) is 10.5. The quantitative estimate of drug-likeness (QED) is 0.309. The molecule has 0 bridgehead atoms. The van der Waals surface area contributed by atoms with Crippen LogP contribution in [-0.4, -0.2) is 40.3 Å². The lowest BCUT2D eigenvalue weighted by Crippen LogP contribution is -2.14. The fraction of sp³-hybridized carbons (Fsp3) is 0.238. The number of hydrogen-bond acceptors (Lipinski definition) is 10. The highest BCUT2D eigenvalue weighted by Crippen LogP contribution is 2.31. The molecule has 0 unspecified atom stereocenters. The largest absolute Gasteiger partial charge is 0.462 e. The number of benzene rings is 1. The van der Waals surface area contributed by atoms with Crippen molar-refractivity contribution in [2.45, 2.75) is 20.8 Å². The van der Waals surface area contributed by atoms with Crippen LogP contribution in [0.5, 0.6) is 0 Å². The highest BCUT2D eigenvalue weighted by Gasteiger charge is 2.30. The number of nitrogens with zero attached hydrogens (tertiary/aromatic N) is 3. The molecule has 11 nitrogen and oxygen atoms in total. The summed E-state index contributed by atoms with van der Waals surface area (Å²) in [6.45, 7) is 5.04. The van der Waals surface area contributed by atoms with Crippen LogP contribution in [0.4, 0.5) is 17.4 Å². The van der Waals surface area contributed by atoms with Crippen LogP contribution in [0.2, 0.25) is 0 Å². The van der Waals surface area contributed by atoms with E-state index in [1.54, 1.807) is 38.1 Å². The smallest absolute Gasteiger partial charge is 0.344 e. The van der Waals surface area contributed by atoms with Gasteiger partial charge in [0.25, 0.3) is 5.69 Å². The molecule has 0 fully saturated rings. The number of carbonyl (C=O) groups is 2. The van der Waals surface area contributed by atoms with Crippen molar-refractivity contribution in [3.8, 4) is 11.3 Å². The van der Waals surface area contributed by atoms with Gasteiger partial charge in [-0.2, -0.15) is 0 Å². The van der Waals surface area contributed by atoms with Crippen molar-refractivity contribution in [3.63, 3.8) is 0 Å². The van der Waals surface area contributed by atoms with Crippen molar-refractivity contribution >= 4 is 29.3 Å². The van der Waals surface area contributed by atoms with Crippen molar-refractivity contribution in [2.24, 2.45) is 0 Å². The minimum Gasteiger partial charge on any atom is -0.462 e. The lowest BCUT2D eigenvalue weighted by atomic mass is 10.1. The van der Waals surface area contributed by atoms with Gasteiger partial charge in [-0.1, -0.05) is 12.1 Å². The Labute approximate surface area is 182 Å². The van der Waals surface area contributed by atoms with Gasteiger partial charge in [-0.3, -0.25) is 10.1 Å². The highest BCUT2D eigenvalue weighted by molar-refractivity contribution is 6.07. The van der Waals surface area contributed by atoms with Gasteiger partial charge < -0.3 is 19.2 Å². The molecule has 0 aliphatic heterocycles. The Bertz CT molecular complexity index is 1160. The van der Waals surface area contributed by atoms with Crippen LogP contribution in [0.15, 0.2) is 40.8 Å². The van der Waals surface area contributed by atoms with Crippen molar-refractivity contribution in [3.05, 3.63) is 63.4 Å². The fourth-order valence-electron chi connectivity index (χ4n) is 2.93. The number of nitro benzene ring substituents is 1. The van der Waals surface area contributed by atoms with Crippen LogP contribution in [0.3, 0.4) is 0 Å². The Morgan fingerprint density at radius 3 is 2.34 bits per heavy atom. The fourth-order valence-corrected chi connectivity index (χ4v) is 2.93. The molecule has 3 aromatic rings. The number of nitrogens with one attached hydrogen (secondary N) is 1. The van der Waals surface area contributed by atoms with Gasteiger partial charge in [-0.15, -0.1) is 10.2 Å². The molecule has 0 atom stereocenters. The number of aryl methyl sites for hydroxylation is 1. The monoisotopic (exact) mass is 440 g/mol. The predicted molar refractivity (Wildman–Crippen MR) is 113 cm³/mol. The highest BCUT2D eigenvalue weighted by atomic mass is 16.6. The minimum atomic E-state index is -0.754. The number of furan rings is 1. The summed E-state index contributed by atoms with van der Waals surface area (Å²) in [7, 11) is 0. The van der Waals surface area contributed by atoms with Crippen LogP contribution in [0.25, 0.3) is 11.3 Å². The second kappa shape index (κ2) is 9.69. The molecule has 166 valence electrons. The van der Waals surface area contributed by atoms with Crippen molar-refractivity contribution in [1.29, 1.82) is 0 Å². The molecule has 0 aliphatic rings. The van der Waals surface area contributed by atoms with Gasteiger partial charge in [0.15, 0.2) is 5.82 Å². The van der Waals surface area contributed by atoms with E-state index in [4.69, 9.17) is 13.9 Å². The van der Waals surface area contributed by atoms with E-state index in [0.29, 0.717) is 11.3 Å². The van der Waals surface area contributed by atoms with Gasteiger partial charge in [0.2, 0.25) is 5.88 Å². The maximum atomic E-state index is 12.5. The zero-order valence-corrected chi connectivity index (χ0v) is 17.6. The first-order valence-corrected chi connectivity index (χ1v) is 9.68. The third-order valence-electron chi connectivity index (χ3n) is 4.30. The van der Waals surface area contributed by atoms with E-state index in [9.17, 15) is 19.7 Å². The van der Waals surface area contributed by atoms with Gasteiger partial charge in [0.05, 0.1) is 23.8 Å². The van der Waals surface area contributed by atoms with Crippen LogP contribution < -0.4 is 5.32 Å². The summed E-state index contributed by atoms with van der Waals surface area (Å²) < 4.78 is 15.7. The van der Waals surface area contributed by atoms with E-state index in [2.05, 4.69) is 15.5 Å². The zero-order chi connectivity index (χ0) is 23.3. The molecular weight excluding hydrogens is 420 g/mol. The average Bonchev–Trinajstić information content (AvgIpc) is 3.10. The van der Waals surface area contributed by atoms with E-state index < -0.39 is 16.9 Å². The number of hydrogen-bond donors (Lipinski definition) is 1. The average molecular weight is 440 g/mol. The number of rotatable bonds is 8. The van der Waals surface area contributed by atoms with Crippen LogP contribution in [-0.2, 0) is 9.47 Å². The van der Waals surface area contributed by atoms with E-state index in [0.717, 1.165) is 0 Å². The third kappa shape index (κ3) is 4.72. The molecule has 0 spiro atoms. The minimum absolute atomic E-state index is 0.0334. The van der Waals surface area contributed by atoms with Crippen LogP contribution in [0.1, 0.15) is 40.3 Å². The molecule has 0 amide bonds. The lowest BCUT2D eigenvalue weighted by Gasteiger charge is -2.07. The van der Waals surface area contributed by atoms with Crippen molar-refractivity contribution in [2.75, 3.05) is 18.5 Å². The van der Waals surface area contributed by atoms with Crippen molar-refractivity contribution < 1.29 is 28.4 Å². The summed E-state index contributed by atoms with van der Waals surface area (Å²) in [4.78, 5) is 35.3. The summed E-state index contributed by atoms with van der Waals surface area (Å²) in [6.07, 6.45) is 0. The van der Waals surface area contributed by atoms with Gasteiger partial charge >= 0.3 is 11.9 Å². The number of nitro groups is 1. The molecule has 0 saturated carbocycles. The van der Waals surface area contributed by atoms with Crippen LogP contribution in [0, 0.1) is 17.0 Å². The molecule has 0 saturated heterocycles. The summed E-state index contributed by atoms with van der Waals surface area (Å²) in [5.41, 5.74) is 0.723. The van der Waals surface area contributed by atoms with Gasteiger partial charge in [-0.25, -0.2) is 9.59 Å². The molecule has 1 aromatic carbocycles. The molecule has 2 heterocycles. The van der Waals surface area contributed by atoms with Crippen LogP contribution >= 0.6 is 0 Å². The Kier molecular flexibility index (Phi) is 6.78. The Morgan fingerprint density at radius 1 is 1.06 bits per heavy atom. The maximum Gasteiger partial charge on any atom is 0.344 e. The Balaban J connectivity index is 1.92. The second-order valence-electron chi connectivity index (χ2n) is 6.41. The van der Waals surface area contributed by atoms with E-state index in [-0.39, 0.29) is 47.5 Å².